The number of aryl methyl sites for hydroxylation is 1. The number of rotatable bonds is 4. The van der Waals surface area contributed by atoms with Crippen molar-refractivity contribution in [1.82, 2.24) is 15.0 Å². The highest BCUT2D eigenvalue weighted by molar-refractivity contribution is 7.86. The smallest absolute Gasteiger partial charge is 0.295 e. The second-order valence-electron chi connectivity index (χ2n) is 4.13. The van der Waals surface area contributed by atoms with Gasteiger partial charge >= 0.3 is 0 Å². The summed E-state index contributed by atoms with van der Waals surface area (Å²) in [5.41, 5.74) is 5.39. The standard InChI is InChI=1S/C12H12N4O4S/c1-2-7-3-4-8(11(13)17)9(10(7)21(18,19)20)12-15-5-14-6-16-12/h3-6H,2H2,1H3,(H2,13,17)(H,18,19,20). The van der Waals surface area contributed by atoms with Crippen molar-refractivity contribution < 1.29 is 17.8 Å². The number of hydrogen-bond donors (Lipinski definition) is 2. The molecular weight excluding hydrogens is 296 g/mol. The van der Waals surface area contributed by atoms with Crippen LogP contribution in [0.25, 0.3) is 11.4 Å². The largest absolute Gasteiger partial charge is 0.366 e. The van der Waals surface area contributed by atoms with Gasteiger partial charge in [0, 0.05) is 0 Å². The van der Waals surface area contributed by atoms with Crippen LogP contribution in [0.2, 0.25) is 0 Å². The normalized spacial score (nSPS) is 11.3. The van der Waals surface area contributed by atoms with E-state index >= 15 is 0 Å². The van der Waals surface area contributed by atoms with Gasteiger partial charge in [0.05, 0.1) is 11.1 Å². The van der Waals surface area contributed by atoms with Crippen molar-refractivity contribution in [3.05, 3.63) is 35.9 Å². The molecule has 2 aromatic rings. The second kappa shape index (κ2) is 5.54. The van der Waals surface area contributed by atoms with Gasteiger partial charge in [0.1, 0.15) is 17.6 Å². The molecule has 0 unspecified atom stereocenters. The average molecular weight is 308 g/mol. The van der Waals surface area contributed by atoms with Crippen LogP contribution >= 0.6 is 0 Å². The van der Waals surface area contributed by atoms with Crippen LogP contribution in [0.15, 0.2) is 29.7 Å². The maximum Gasteiger partial charge on any atom is 0.295 e. The van der Waals surface area contributed by atoms with Crippen molar-refractivity contribution in [3.8, 4) is 11.4 Å². The number of amides is 1. The van der Waals surface area contributed by atoms with Gasteiger partial charge in [-0.3, -0.25) is 9.35 Å². The summed E-state index contributed by atoms with van der Waals surface area (Å²) in [6, 6.07) is 2.81. The molecule has 3 N–H and O–H groups in total. The summed E-state index contributed by atoms with van der Waals surface area (Å²) < 4.78 is 32.9. The van der Waals surface area contributed by atoms with Crippen molar-refractivity contribution in [2.24, 2.45) is 5.73 Å². The fraction of sp³-hybridized carbons (Fsp3) is 0.167. The lowest BCUT2D eigenvalue weighted by Gasteiger charge is -2.13. The summed E-state index contributed by atoms with van der Waals surface area (Å²) in [5.74, 6) is -0.903. The molecule has 21 heavy (non-hydrogen) atoms. The Bertz CT molecular complexity index is 790. The highest BCUT2D eigenvalue weighted by atomic mass is 32.2. The number of carbonyl (C=O) groups excluding carboxylic acids is 1. The van der Waals surface area contributed by atoms with Crippen LogP contribution in [0.4, 0.5) is 0 Å². The van der Waals surface area contributed by atoms with Crippen molar-refractivity contribution >= 4 is 16.0 Å². The monoisotopic (exact) mass is 308 g/mol. The van der Waals surface area contributed by atoms with E-state index in [0.29, 0.717) is 12.0 Å². The van der Waals surface area contributed by atoms with Crippen LogP contribution in [-0.2, 0) is 16.5 Å². The summed E-state index contributed by atoms with van der Waals surface area (Å²) in [7, 11) is -4.59. The summed E-state index contributed by atoms with van der Waals surface area (Å²) in [6.07, 6.45) is 2.63. The van der Waals surface area contributed by atoms with E-state index in [0.717, 1.165) is 12.7 Å². The minimum Gasteiger partial charge on any atom is -0.366 e. The zero-order valence-electron chi connectivity index (χ0n) is 11.0. The molecule has 8 nitrogen and oxygen atoms in total. The molecule has 110 valence electrons. The van der Waals surface area contributed by atoms with Gasteiger partial charge in [0.25, 0.3) is 10.1 Å². The van der Waals surface area contributed by atoms with E-state index in [1.54, 1.807) is 6.92 Å². The van der Waals surface area contributed by atoms with Gasteiger partial charge in [0.2, 0.25) is 5.91 Å². The number of benzene rings is 1. The number of carbonyl (C=O) groups is 1. The van der Waals surface area contributed by atoms with Gasteiger partial charge < -0.3 is 5.73 Å². The maximum atomic E-state index is 11.7. The molecule has 1 aromatic heterocycles. The fourth-order valence-corrected chi connectivity index (χ4v) is 3.00. The summed E-state index contributed by atoms with van der Waals surface area (Å²) in [4.78, 5) is 22.4. The lowest BCUT2D eigenvalue weighted by Crippen LogP contribution is -2.17. The molecule has 0 saturated heterocycles. The van der Waals surface area contributed by atoms with Crippen molar-refractivity contribution in [1.29, 1.82) is 0 Å². The van der Waals surface area contributed by atoms with Crippen LogP contribution in [-0.4, -0.2) is 33.8 Å². The van der Waals surface area contributed by atoms with Crippen LogP contribution in [0, 0.1) is 0 Å². The number of hydrogen-bond acceptors (Lipinski definition) is 6. The third kappa shape index (κ3) is 2.88. The van der Waals surface area contributed by atoms with Crippen molar-refractivity contribution in [2.45, 2.75) is 18.2 Å². The Morgan fingerprint density at radius 1 is 1.29 bits per heavy atom. The van der Waals surface area contributed by atoms with E-state index in [4.69, 9.17) is 5.73 Å². The maximum absolute atomic E-state index is 11.7. The number of aromatic nitrogens is 3. The topological polar surface area (TPSA) is 136 Å². The molecular formula is C12H12N4O4S. The quantitative estimate of drug-likeness (QED) is 0.782. The first-order chi connectivity index (χ1) is 9.86. The van der Waals surface area contributed by atoms with Crippen LogP contribution < -0.4 is 5.73 Å². The average Bonchev–Trinajstić information content (AvgIpc) is 2.45. The van der Waals surface area contributed by atoms with E-state index < -0.39 is 20.9 Å². The lowest BCUT2D eigenvalue weighted by atomic mass is 10.0. The Hall–Kier alpha value is -2.39. The van der Waals surface area contributed by atoms with Gasteiger partial charge in [-0.05, 0) is 18.1 Å². The first kappa shape index (κ1) is 15.0. The molecule has 0 aliphatic rings. The molecule has 0 spiro atoms. The zero-order chi connectivity index (χ0) is 15.6. The Kier molecular flexibility index (Phi) is 3.96. The molecule has 1 heterocycles. The lowest BCUT2D eigenvalue weighted by molar-refractivity contribution is 0.100. The van der Waals surface area contributed by atoms with Gasteiger partial charge in [-0.2, -0.15) is 8.42 Å². The van der Waals surface area contributed by atoms with E-state index in [1.807, 2.05) is 0 Å². The van der Waals surface area contributed by atoms with Gasteiger partial charge in [0.15, 0.2) is 5.82 Å². The van der Waals surface area contributed by atoms with Gasteiger partial charge in [-0.1, -0.05) is 13.0 Å². The van der Waals surface area contributed by atoms with Crippen molar-refractivity contribution in [2.75, 3.05) is 0 Å². The first-order valence-electron chi connectivity index (χ1n) is 5.91. The van der Waals surface area contributed by atoms with Crippen LogP contribution in [0.3, 0.4) is 0 Å². The molecule has 0 bridgehead atoms. The summed E-state index contributed by atoms with van der Waals surface area (Å²) in [5, 5.41) is 0. The van der Waals surface area contributed by atoms with Crippen molar-refractivity contribution in [3.63, 3.8) is 0 Å². The first-order valence-corrected chi connectivity index (χ1v) is 7.35. The number of nitrogens with two attached hydrogens (primary N) is 1. The van der Waals surface area contributed by atoms with Crippen LogP contribution in [0.5, 0.6) is 0 Å². The molecule has 1 aromatic carbocycles. The number of primary amides is 1. The predicted octanol–water partition coefficient (Wildman–Crippen LogP) is 0.447. The van der Waals surface area contributed by atoms with E-state index in [-0.39, 0.29) is 17.0 Å². The molecule has 0 atom stereocenters. The van der Waals surface area contributed by atoms with Crippen LogP contribution in [0.1, 0.15) is 22.8 Å². The highest BCUT2D eigenvalue weighted by Gasteiger charge is 2.26. The Morgan fingerprint density at radius 2 is 1.90 bits per heavy atom. The molecule has 2 rings (SSSR count). The molecule has 1 amide bonds. The molecule has 0 fully saturated rings. The fourth-order valence-electron chi connectivity index (χ4n) is 1.99. The Balaban J connectivity index is 2.96. The Labute approximate surface area is 120 Å². The van der Waals surface area contributed by atoms with E-state index in [1.165, 1.54) is 12.1 Å². The van der Waals surface area contributed by atoms with E-state index in [2.05, 4.69) is 15.0 Å². The molecule has 9 heteroatoms. The molecule has 0 aliphatic heterocycles. The minimum atomic E-state index is -4.59. The predicted molar refractivity (Wildman–Crippen MR) is 73.0 cm³/mol. The third-order valence-electron chi connectivity index (χ3n) is 2.86. The highest BCUT2D eigenvalue weighted by Crippen LogP contribution is 2.31. The summed E-state index contributed by atoms with van der Waals surface area (Å²) >= 11 is 0. The van der Waals surface area contributed by atoms with Gasteiger partial charge in [-0.15, -0.1) is 0 Å². The molecule has 0 aliphatic carbocycles. The molecule has 0 saturated carbocycles. The SMILES string of the molecule is CCc1ccc(C(N)=O)c(-c2ncncn2)c1S(=O)(=O)O. The molecule has 0 radical (unpaired) electrons. The van der Waals surface area contributed by atoms with Gasteiger partial charge in [-0.25, -0.2) is 15.0 Å². The minimum absolute atomic E-state index is 0.0540. The number of nitrogens with zero attached hydrogens (tertiary/aromatic N) is 3. The second-order valence-corrected chi connectivity index (χ2v) is 5.49. The zero-order valence-corrected chi connectivity index (χ0v) is 11.8. The van der Waals surface area contributed by atoms with E-state index in [9.17, 15) is 17.8 Å². The Morgan fingerprint density at radius 3 is 2.38 bits per heavy atom. The summed E-state index contributed by atoms with van der Waals surface area (Å²) in [6.45, 7) is 1.71. The third-order valence-corrected chi connectivity index (χ3v) is 3.84.